The van der Waals surface area contributed by atoms with Crippen molar-refractivity contribution in [3.05, 3.63) is 29.8 Å². The van der Waals surface area contributed by atoms with Gasteiger partial charge in [-0.05, 0) is 56.9 Å². The van der Waals surface area contributed by atoms with Gasteiger partial charge in [0.05, 0.1) is 4.90 Å². The van der Waals surface area contributed by atoms with Crippen molar-refractivity contribution in [3.8, 4) is 0 Å². The summed E-state index contributed by atoms with van der Waals surface area (Å²) in [5, 5.41) is 0. The molecule has 1 aliphatic rings. The van der Waals surface area contributed by atoms with Gasteiger partial charge < -0.3 is 10.6 Å². The molecule has 2 atom stereocenters. The van der Waals surface area contributed by atoms with Crippen LogP contribution in [0.5, 0.6) is 0 Å². The zero-order valence-corrected chi connectivity index (χ0v) is 16.4. The number of likely N-dealkylation sites (tertiary alicyclic amines) is 1. The molecule has 8 heteroatoms. The van der Waals surface area contributed by atoms with Crippen molar-refractivity contribution in [2.45, 2.75) is 56.5 Å². The zero-order valence-electron chi connectivity index (χ0n) is 14.8. The molecule has 3 N–H and O–H groups in total. The first-order valence-corrected chi connectivity index (χ1v) is 10.0. The summed E-state index contributed by atoms with van der Waals surface area (Å²) < 4.78 is 27.1. The molecular weight excluding hydrogens is 362 g/mol. The molecule has 1 fully saturated rings. The summed E-state index contributed by atoms with van der Waals surface area (Å²) in [5.41, 5.74) is 6.27. The molecule has 25 heavy (non-hydrogen) atoms. The maximum absolute atomic E-state index is 12.7. The minimum absolute atomic E-state index is 0. The number of amides is 1. The standard InChI is InChI=1S/C17H27N3O3S.ClH/c1-3-13(2)19-24(22,23)16-9-7-14(8-10-16)17(21)20-11-5-4-6-15(20)12-18;/h7-10,13,15,19H,3-6,11-12,18H2,1-2H3;1H. The zero-order chi connectivity index (χ0) is 17.7. The van der Waals surface area contributed by atoms with E-state index < -0.39 is 10.0 Å². The van der Waals surface area contributed by atoms with Crippen LogP contribution < -0.4 is 10.5 Å². The third-order valence-electron chi connectivity index (χ3n) is 4.54. The maximum atomic E-state index is 12.7. The van der Waals surface area contributed by atoms with Crippen LogP contribution in [0.3, 0.4) is 0 Å². The van der Waals surface area contributed by atoms with Gasteiger partial charge in [-0.3, -0.25) is 4.79 Å². The molecule has 1 aliphatic heterocycles. The molecule has 0 spiro atoms. The molecule has 0 aromatic heterocycles. The summed E-state index contributed by atoms with van der Waals surface area (Å²) in [6, 6.07) is 6.07. The Bertz CT molecular complexity index is 664. The van der Waals surface area contributed by atoms with Crippen molar-refractivity contribution in [2.24, 2.45) is 5.73 Å². The Labute approximate surface area is 156 Å². The van der Waals surface area contributed by atoms with Gasteiger partial charge in [0, 0.05) is 30.7 Å². The van der Waals surface area contributed by atoms with Crippen molar-refractivity contribution >= 4 is 28.3 Å². The number of carbonyl (C=O) groups is 1. The van der Waals surface area contributed by atoms with Crippen LogP contribution >= 0.6 is 12.4 Å². The number of carbonyl (C=O) groups excluding carboxylic acids is 1. The Morgan fingerprint density at radius 3 is 2.52 bits per heavy atom. The van der Waals surface area contributed by atoms with Crippen LogP contribution in [0.2, 0.25) is 0 Å². The fourth-order valence-electron chi connectivity index (χ4n) is 2.87. The van der Waals surface area contributed by atoms with Crippen molar-refractivity contribution in [2.75, 3.05) is 13.1 Å². The van der Waals surface area contributed by atoms with E-state index in [1.54, 1.807) is 12.1 Å². The van der Waals surface area contributed by atoms with Crippen LogP contribution in [-0.4, -0.2) is 44.4 Å². The van der Waals surface area contributed by atoms with Crippen LogP contribution in [0.4, 0.5) is 0 Å². The van der Waals surface area contributed by atoms with Gasteiger partial charge in [-0.25, -0.2) is 13.1 Å². The second kappa shape index (κ2) is 9.52. The molecule has 1 aromatic carbocycles. The fraction of sp³-hybridized carbons (Fsp3) is 0.588. The van der Waals surface area contributed by atoms with E-state index >= 15 is 0 Å². The number of nitrogens with two attached hydrogens (primary N) is 1. The molecule has 0 aliphatic carbocycles. The van der Waals surface area contributed by atoms with E-state index in [-0.39, 0.29) is 35.3 Å². The highest BCUT2D eigenvalue weighted by molar-refractivity contribution is 7.89. The molecule has 0 radical (unpaired) electrons. The lowest BCUT2D eigenvalue weighted by Gasteiger charge is -2.35. The Kier molecular flexibility index (Phi) is 8.34. The van der Waals surface area contributed by atoms with Crippen LogP contribution in [-0.2, 0) is 10.0 Å². The summed E-state index contributed by atoms with van der Waals surface area (Å²) in [6.45, 7) is 4.90. The molecule has 142 valence electrons. The number of rotatable bonds is 6. The summed E-state index contributed by atoms with van der Waals surface area (Å²) in [6.07, 6.45) is 3.70. The first kappa shape index (κ1) is 21.9. The van der Waals surface area contributed by atoms with Crippen molar-refractivity contribution < 1.29 is 13.2 Å². The minimum atomic E-state index is -3.55. The predicted molar refractivity (Wildman–Crippen MR) is 101 cm³/mol. The third kappa shape index (κ3) is 5.41. The van der Waals surface area contributed by atoms with E-state index in [0.29, 0.717) is 25.1 Å². The number of sulfonamides is 1. The summed E-state index contributed by atoms with van der Waals surface area (Å²) in [4.78, 5) is 14.6. The fourth-order valence-corrected chi connectivity index (χ4v) is 4.20. The molecule has 0 bridgehead atoms. The first-order valence-electron chi connectivity index (χ1n) is 8.52. The normalized spacial score (nSPS) is 19.2. The highest BCUT2D eigenvalue weighted by atomic mass is 35.5. The van der Waals surface area contributed by atoms with Crippen LogP contribution in [0, 0.1) is 0 Å². The molecule has 1 saturated heterocycles. The quantitative estimate of drug-likeness (QED) is 0.779. The molecule has 1 heterocycles. The van der Waals surface area contributed by atoms with Gasteiger partial charge in [0.15, 0.2) is 0 Å². The van der Waals surface area contributed by atoms with Gasteiger partial charge in [0.1, 0.15) is 0 Å². The smallest absolute Gasteiger partial charge is 0.254 e. The summed E-state index contributed by atoms with van der Waals surface area (Å²) in [7, 11) is -3.55. The molecule has 1 amide bonds. The van der Waals surface area contributed by atoms with Crippen LogP contribution in [0.25, 0.3) is 0 Å². The Morgan fingerprint density at radius 1 is 1.32 bits per heavy atom. The maximum Gasteiger partial charge on any atom is 0.254 e. The molecule has 6 nitrogen and oxygen atoms in total. The van der Waals surface area contributed by atoms with Gasteiger partial charge in [-0.1, -0.05) is 6.92 Å². The Hall–Kier alpha value is -1.15. The first-order chi connectivity index (χ1) is 11.4. The second-order valence-corrected chi connectivity index (χ2v) is 8.05. The van der Waals surface area contributed by atoms with E-state index in [9.17, 15) is 13.2 Å². The Balaban J connectivity index is 0.00000312. The molecule has 1 aromatic rings. The summed E-state index contributed by atoms with van der Waals surface area (Å²) in [5.74, 6) is -0.0796. The van der Waals surface area contributed by atoms with E-state index in [4.69, 9.17) is 5.73 Å². The number of benzene rings is 1. The molecule has 2 rings (SSSR count). The number of halogens is 1. The Morgan fingerprint density at radius 2 is 1.96 bits per heavy atom. The lowest BCUT2D eigenvalue weighted by molar-refractivity contribution is 0.0623. The van der Waals surface area contributed by atoms with Gasteiger partial charge >= 0.3 is 0 Å². The van der Waals surface area contributed by atoms with E-state index in [1.807, 2.05) is 18.7 Å². The van der Waals surface area contributed by atoms with Crippen LogP contribution in [0.15, 0.2) is 29.2 Å². The minimum Gasteiger partial charge on any atom is -0.334 e. The van der Waals surface area contributed by atoms with Gasteiger partial charge in [-0.2, -0.15) is 0 Å². The average Bonchev–Trinajstić information content (AvgIpc) is 2.60. The highest BCUT2D eigenvalue weighted by Crippen LogP contribution is 2.20. The average molecular weight is 390 g/mol. The van der Waals surface area contributed by atoms with E-state index in [2.05, 4.69) is 4.72 Å². The number of piperidine rings is 1. The molecular formula is C17H28ClN3O3S. The summed E-state index contributed by atoms with van der Waals surface area (Å²) >= 11 is 0. The lowest BCUT2D eigenvalue weighted by atomic mass is 10.0. The van der Waals surface area contributed by atoms with Crippen molar-refractivity contribution in [1.29, 1.82) is 0 Å². The molecule has 0 saturated carbocycles. The highest BCUT2D eigenvalue weighted by Gasteiger charge is 2.26. The van der Waals surface area contributed by atoms with E-state index in [1.165, 1.54) is 12.1 Å². The monoisotopic (exact) mass is 389 g/mol. The predicted octanol–water partition coefficient (Wildman–Crippen LogP) is 2.14. The number of nitrogens with zero attached hydrogens (tertiary/aromatic N) is 1. The van der Waals surface area contributed by atoms with Gasteiger partial charge in [-0.15, -0.1) is 12.4 Å². The number of nitrogens with one attached hydrogen (secondary N) is 1. The third-order valence-corrected chi connectivity index (χ3v) is 6.15. The lowest BCUT2D eigenvalue weighted by Crippen LogP contribution is -2.47. The number of hydrogen-bond donors (Lipinski definition) is 2. The largest absolute Gasteiger partial charge is 0.334 e. The number of hydrogen-bond acceptors (Lipinski definition) is 4. The van der Waals surface area contributed by atoms with Crippen molar-refractivity contribution in [3.63, 3.8) is 0 Å². The van der Waals surface area contributed by atoms with E-state index in [0.717, 1.165) is 19.3 Å². The molecule has 2 unspecified atom stereocenters. The van der Waals surface area contributed by atoms with Gasteiger partial charge in [0.2, 0.25) is 10.0 Å². The second-order valence-electron chi connectivity index (χ2n) is 6.34. The van der Waals surface area contributed by atoms with Crippen LogP contribution in [0.1, 0.15) is 49.9 Å². The van der Waals surface area contributed by atoms with Crippen molar-refractivity contribution in [1.82, 2.24) is 9.62 Å². The topological polar surface area (TPSA) is 92.5 Å². The van der Waals surface area contributed by atoms with Gasteiger partial charge in [0.25, 0.3) is 5.91 Å². The SMILES string of the molecule is CCC(C)NS(=O)(=O)c1ccc(C(=O)N2CCCCC2CN)cc1.Cl.